The lowest BCUT2D eigenvalue weighted by molar-refractivity contribution is -0.142. The summed E-state index contributed by atoms with van der Waals surface area (Å²) in [6.45, 7) is 0. The number of amides is 2. The molecule has 0 spiro atoms. The van der Waals surface area contributed by atoms with E-state index in [1.54, 1.807) is 11.0 Å². The van der Waals surface area contributed by atoms with Crippen molar-refractivity contribution in [1.29, 1.82) is 0 Å². The van der Waals surface area contributed by atoms with E-state index in [9.17, 15) is 23.2 Å². The van der Waals surface area contributed by atoms with Crippen molar-refractivity contribution in [2.45, 2.75) is 63.1 Å². The smallest absolute Gasteiger partial charge is 0.303 e. The van der Waals surface area contributed by atoms with Crippen LogP contribution in [0.4, 0.5) is 14.5 Å². The third-order valence-corrected chi connectivity index (χ3v) is 7.24. The highest BCUT2D eigenvalue weighted by molar-refractivity contribution is 6.07. The van der Waals surface area contributed by atoms with Crippen molar-refractivity contribution in [3.05, 3.63) is 65.2 Å². The standard InChI is InChI=1S/C26H26F2N2O4/c27-15-8-11-17(20(28)14-15)26(34)30-21-6-2-1-4-18(21)25(19-5-3-7-22(19)30)29(16-9-10-16)23(31)12-13-24(32)33/h1-2,4,6,8,11,14,16,19,22,25H,3,5,7,9-10,12-13H2,(H,32,33). The highest BCUT2D eigenvalue weighted by Crippen LogP contribution is 2.53. The van der Waals surface area contributed by atoms with Crippen molar-refractivity contribution in [2.24, 2.45) is 5.92 Å². The molecule has 3 aliphatic rings. The van der Waals surface area contributed by atoms with Crippen LogP contribution < -0.4 is 4.90 Å². The van der Waals surface area contributed by atoms with Gasteiger partial charge in [-0.05, 0) is 49.4 Å². The predicted molar refractivity (Wildman–Crippen MR) is 120 cm³/mol. The molecule has 5 rings (SSSR count). The summed E-state index contributed by atoms with van der Waals surface area (Å²) in [7, 11) is 0. The lowest BCUT2D eigenvalue weighted by Gasteiger charge is -2.48. The summed E-state index contributed by atoms with van der Waals surface area (Å²) in [6.07, 6.45) is 3.83. The normalized spacial score (nSPS) is 23.2. The van der Waals surface area contributed by atoms with Gasteiger partial charge in [0.15, 0.2) is 0 Å². The summed E-state index contributed by atoms with van der Waals surface area (Å²) in [4.78, 5) is 41.4. The number of carbonyl (C=O) groups excluding carboxylic acids is 2. The Balaban J connectivity index is 1.57. The number of aliphatic carboxylic acids is 1. The lowest BCUT2D eigenvalue weighted by Crippen LogP contribution is -2.53. The molecule has 2 aromatic carbocycles. The number of para-hydroxylation sites is 1. The van der Waals surface area contributed by atoms with Crippen molar-refractivity contribution in [1.82, 2.24) is 4.90 Å². The number of carboxylic acids is 1. The molecule has 0 saturated heterocycles. The van der Waals surface area contributed by atoms with Crippen LogP contribution in [-0.2, 0) is 9.59 Å². The van der Waals surface area contributed by atoms with Crippen LogP contribution in [-0.4, -0.2) is 39.9 Å². The molecular formula is C26H26F2N2O4. The molecule has 0 aromatic heterocycles. The van der Waals surface area contributed by atoms with Crippen LogP contribution in [0.3, 0.4) is 0 Å². The molecule has 3 unspecified atom stereocenters. The number of fused-ring (bicyclic) bond motifs is 2. The first-order chi connectivity index (χ1) is 16.4. The van der Waals surface area contributed by atoms with E-state index >= 15 is 0 Å². The van der Waals surface area contributed by atoms with Crippen molar-refractivity contribution in [2.75, 3.05) is 4.90 Å². The molecule has 8 heteroatoms. The maximum atomic E-state index is 14.6. The fourth-order valence-electron chi connectivity index (χ4n) is 5.71. The van der Waals surface area contributed by atoms with Crippen molar-refractivity contribution in [3.8, 4) is 0 Å². The largest absolute Gasteiger partial charge is 0.481 e. The third kappa shape index (κ3) is 3.95. The average molecular weight is 469 g/mol. The van der Waals surface area contributed by atoms with Gasteiger partial charge in [0.25, 0.3) is 5.91 Å². The van der Waals surface area contributed by atoms with Gasteiger partial charge in [-0.25, -0.2) is 8.78 Å². The van der Waals surface area contributed by atoms with Gasteiger partial charge in [-0.2, -0.15) is 0 Å². The Labute approximate surface area is 196 Å². The van der Waals surface area contributed by atoms with Gasteiger partial charge in [-0.1, -0.05) is 24.6 Å². The van der Waals surface area contributed by atoms with Gasteiger partial charge in [0.1, 0.15) is 11.6 Å². The Bertz CT molecular complexity index is 1150. The minimum Gasteiger partial charge on any atom is -0.481 e. The van der Waals surface area contributed by atoms with Crippen LogP contribution in [0.25, 0.3) is 0 Å². The number of hydrogen-bond donors (Lipinski definition) is 1. The molecule has 2 fully saturated rings. The predicted octanol–water partition coefficient (Wildman–Crippen LogP) is 4.69. The van der Waals surface area contributed by atoms with Crippen LogP contribution in [0.5, 0.6) is 0 Å². The van der Waals surface area contributed by atoms with Gasteiger partial charge in [0.2, 0.25) is 5.91 Å². The monoisotopic (exact) mass is 468 g/mol. The lowest BCUT2D eigenvalue weighted by atomic mass is 9.81. The first-order valence-corrected chi connectivity index (χ1v) is 11.8. The minimum atomic E-state index is -1.01. The van der Waals surface area contributed by atoms with Gasteiger partial charge in [0, 0.05) is 36.2 Å². The maximum Gasteiger partial charge on any atom is 0.303 e. The molecule has 3 atom stereocenters. The Morgan fingerprint density at radius 1 is 1.00 bits per heavy atom. The van der Waals surface area contributed by atoms with Gasteiger partial charge in [-0.3, -0.25) is 14.4 Å². The third-order valence-electron chi connectivity index (χ3n) is 7.24. The van der Waals surface area contributed by atoms with E-state index in [0.717, 1.165) is 37.3 Å². The number of carbonyl (C=O) groups is 3. The van der Waals surface area contributed by atoms with E-state index in [1.165, 1.54) is 6.07 Å². The Morgan fingerprint density at radius 2 is 1.76 bits per heavy atom. The Kier molecular flexibility index (Phi) is 5.83. The summed E-state index contributed by atoms with van der Waals surface area (Å²) >= 11 is 0. The van der Waals surface area contributed by atoms with Crippen LogP contribution >= 0.6 is 0 Å². The Hall–Kier alpha value is -3.29. The van der Waals surface area contributed by atoms with Gasteiger partial charge < -0.3 is 14.9 Å². The van der Waals surface area contributed by atoms with E-state index in [1.807, 2.05) is 23.1 Å². The molecule has 0 bridgehead atoms. The zero-order valence-electron chi connectivity index (χ0n) is 18.6. The van der Waals surface area contributed by atoms with E-state index in [2.05, 4.69) is 0 Å². The first kappa shape index (κ1) is 22.5. The SMILES string of the molecule is O=C(O)CCC(=O)N(C1CC1)C1c2ccccc2N(C(=O)c2ccc(F)cc2F)C2CCCC21. The fourth-order valence-corrected chi connectivity index (χ4v) is 5.71. The van der Waals surface area contributed by atoms with E-state index in [4.69, 9.17) is 5.11 Å². The Morgan fingerprint density at radius 3 is 2.47 bits per heavy atom. The number of hydrogen-bond acceptors (Lipinski definition) is 3. The first-order valence-electron chi connectivity index (χ1n) is 11.8. The topological polar surface area (TPSA) is 77.9 Å². The molecule has 178 valence electrons. The van der Waals surface area contributed by atoms with Crippen LogP contribution in [0.15, 0.2) is 42.5 Å². The summed E-state index contributed by atoms with van der Waals surface area (Å²) < 4.78 is 28.0. The molecule has 2 aromatic rings. The maximum absolute atomic E-state index is 14.6. The second kappa shape index (κ2) is 8.81. The summed E-state index contributed by atoms with van der Waals surface area (Å²) in [5.74, 6) is -3.40. The number of halogens is 2. The zero-order valence-corrected chi connectivity index (χ0v) is 18.6. The average Bonchev–Trinajstić information content (AvgIpc) is 3.52. The number of anilines is 1. The molecule has 2 saturated carbocycles. The van der Waals surface area contributed by atoms with Gasteiger partial charge >= 0.3 is 5.97 Å². The molecule has 0 radical (unpaired) electrons. The van der Waals surface area contributed by atoms with Crippen LogP contribution in [0.2, 0.25) is 0 Å². The van der Waals surface area contributed by atoms with Crippen molar-refractivity contribution < 1.29 is 28.3 Å². The molecule has 1 heterocycles. The van der Waals surface area contributed by atoms with Crippen LogP contribution in [0.1, 0.15) is 66.9 Å². The highest BCUT2D eigenvalue weighted by atomic mass is 19.1. The number of benzene rings is 2. The summed E-state index contributed by atoms with van der Waals surface area (Å²) in [6, 6.07) is 9.92. The van der Waals surface area contributed by atoms with Gasteiger partial charge in [-0.15, -0.1) is 0 Å². The van der Waals surface area contributed by atoms with Gasteiger partial charge in [0.05, 0.1) is 18.0 Å². The summed E-state index contributed by atoms with van der Waals surface area (Å²) in [5, 5.41) is 9.09. The fraction of sp³-hybridized carbons (Fsp3) is 0.423. The van der Waals surface area contributed by atoms with E-state index in [0.29, 0.717) is 18.2 Å². The number of carboxylic acid groups (broad SMARTS) is 1. The molecule has 1 aliphatic heterocycles. The molecule has 2 aliphatic carbocycles. The minimum absolute atomic E-state index is 0.0447. The van der Waals surface area contributed by atoms with Crippen LogP contribution in [0, 0.1) is 17.6 Å². The quantitative estimate of drug-likeness (QED) is 0.667. The molecule has 34 heavy (non-hydrogen) atoms. The molecule has 2 amide bonds. The molecular weight excluding hydrogens is 442 g/mol. The molecule has 6 nitrogen and oxygen atoms in total. The highest BCUT2D eigenvalue weighted by Gasteiger charge is 2.51. The zero-order chi connectivity index (χ0) is 24.0. The second-order valence-corrected chi connectivity index (χ2v) is 9.39. The number of rotatable bonds is 6. The second-order valence-electron chi connectivity index (χ2n) is 9.39. The van der Waals surface area contributed by atoms with E-state index < -0.39 is 23.5 Å². The number of nitrogens with zero attached hydrogens (tertiary/aromatic N) is 2. The van der Waals surface area contributed by atoms with E-state index in [-0.39, 0.29) is 48.4 Å². The van der Waals surface area contributed by atoms with Crippen molar-refractivity contribution >= 4 is 23.5 Å². The molecule has 1 N–H and O–H groups in total. The summed E-state index contributed by atoms with van der Waals surface area (Å²) in [5.41, 5.74) is 1.26. The van der Waals surface area contributed by atoms with Crippen molar-refractivity contribution in [3.63, 3.8) is 0 Å².